The summed E-state index contributed by atoms with van der Waals surface area (Å²) >= 11 is 5.99. The first-order valence-electron chi connectivity index (χ1n) is 9.25. The number of aromatic nitrogens is 1. The zero-order valence-electron chi connectivity index (χ0n) is 15.4. The predicted molar refractivity (Wildman–Crippen MR) is 116 cm³/mol. The van der Waals surface area contributed by atoms with Crippen LogP contribution in [0, 0.1) is 0 Å². The number of nitrogens with zero attached hydrogens (tertiary/aromatic N) is 1. The van der Waals surface area contributed by atoms with Gasteiger partial charge >= 0.3 is 0 Å². The molecule has 0 aliphatic heterocycles. The van der Waals surface area contributed by atoms with Crippen LogP contribution in [-0.4, -0.2) is 5.16 Å². The van der Waals surface area contributed by atoms with Crippen LogP contribution in [0.3, 0.4) is 0 Å². The fourth-order valence-electron chi connectivity index (χ4n) is 3.28. The molecule has 0 aliphatic carbocycles. The Hall–Kier alpha value is -3.56. The van der Waals surface area contributed by atoms with Gasteiger partial charge in [-0.15, -0.1) is 0 Å². The maximum absolute atomic E-state index is 6.07. The van der Waals surface area contributed by atoms with Crippen molar-refractivity contribution < 1.29 is 9.26 Å². The highest BCUT2D eigenvalue weighted by atomic mass is 35.5. The van der Waals surface area contributed by atoms with E-state index in [2.05, 4.69) is 29.4 Å². The van der Waals surface area contributed by atoms with E-state index < -0.39 is 0 Å². The van der Waals surface area contributed by atoms with E-state index in [1.807, 2.05) is 72.8 Å². The van der Waals surface area contributed by atoms with Gasteiger partial charge in [0.1, 0.15) is 17.0 Å². The number of halogens is 1. The first-order valence-corrected chi connectivity index (χ1v) is 9.63. The Kier molecular flexibility index (Phi) is 4.51. The van der Waals surface area contributed by atoms with Crippen molar-refractivity contribution in [2.24, 2.45) is 0 Å². The highest BCUT2D eigenvalue weighted by Crippen LogP contribution is 2.33. The summed E-state index contributed by atoms with van der Waals surface area (Å²) in [6, 6.07) is 31.6. The average Bonchev–Trinajstić information content (AvgIpc) is 3.19. The van der Waals surface area contributed by atoms with E-state index in [0.717, 1.165) is 33.5 Å². The fraction of sp³-hybridized carbons (Fsp3) is 0. The minimum absolute atomic E-state index is 0.681. The summed E-state index contributed by atoms with van der Waals surface area (Å²) in [5.74, 6) is 2.19. The Morgan fingerprint density at radius 2 is 1.31 bits per heavy atom. The van der Waals surface area contributed by atoms with Crippen LogP contribution >= 0.6 is 11.6 Å². The van der Waals surface area contributed by atoms with Crippen molar-refractivity contribution in [3.8, 4) is 33.9 Å². The van der Waals surface area contributed by atoms with E-state index in [1.165, 1.54) is 5.56 Å². The zero-order valence-corrected chi connectivity index (χ0v) is 16.1. The van der Waals surface area contributed by atoms with Crippen LogP contribution in [0.5, 0.6) is 11.5 Å². The van der Waals surface area contributed by atoms with Crippen molar-refractivity contribution in [1.29, 1.82) is 0 Å². The lowest BCUT2D eigenvalue weighted by atomic mass is 10.1. The van der Waals surface area contributed by atoms with Crippen LogP contribution in [0.25, 0.3) is 33.4 Å². The third kappa shape index (κ3) is 3.60. The Balaban J connectivity index is 1.43. The molecule has 0 radical (unpaired) electrons. The number of hydrogen-bond donors (Lipinski definition) is 0. The Morgan fingerprint density at radius 1 is 0.655 bits per heavy atom. The zero-order chi connectivity index (χ0) is 19.6. The van der Waals surface area contributed by atoms with Gasteiger partial charge < -0.3 is 9.26 Å². The molecule has 0 spiro atoms. The van der Waals surface area contributed by atoms with Gasteiger partial charge in [-0.25, -0.2) is 0 Å². The molecule has 0 amide bonds. The van der Waals surface area contributed by atoms with E-state index in [0.29, 0.717) is 10.8 Å². The molecule has 0 saturated heterocycles. The van der Waals surface area contributed by atoms with Crippen LogP contribution in [0.4, 0.5) is 0 Å². The topological polar surface area (TPSA) is 35.3 Å². The molecule has 0 bridgehead atoms. The van der Waals surface area contributed by atoms with Crippen molar-refractivity contribution >= 4 is 22.5 Å². The lowest BCUT2D eigenvalue weighted by Crippen LogP contribution is -1.85. The Morgan fingerprint density at radius 3 is 2.07 bits per heavy atom. The van der Waals surface area contributed by atoms with Crippen LogP contribution in [0.1, 0.15) is 0 Å². The number of ether oxygens (including phenoxy) is 1. The van der Waals surface area contributed by atoms with E-state index in [4.69, 9.17) is 20.9 Å². The molecule has 0 atom stereocenters. The predicted octanol–water partition coefficient (Wildman–Crippen LogP) is 7.61. The first-order chi connectivity index (χ1) is 14.3. The molecular weight excluding hydrogens is 382 g/mol. The maximum atomic E-state index is 6.07. The van der Waals surface area contributed by atoms with Gasteiger partial charge in [0.15, 0.2) is 5.76 Å². The highest BCUT2D eigenvalue weighted by molar-refractivity contribution is 6.30. The molecule has 0 unspecified atom stereocenters. The minimum atomic E-state index is 0.681. The molecular formula is C25H16ClNO2. The average molecular weight is 398 g/mol. The van der Waals surface area contributed by atoms with Gasteiger partial charge in [0.05, 0.1) is 5.39 Å². The summed E-state index contributed by atoms with van der Waals surface area (Å²) < 4.78 is 11.6. The van der Waals surface area contributed by atoms with Gasteiger partial charge in [0, 0.05) is 10.6 Å². The third-order valence-electron chi connectivity index (χ3n) is 4.75. The van der Waals surface area contributed by atoms with E-state index in [-0.39, 0.29) is 0 Å². The molecule has 0 saturated carbocycles. The number of hydrogen-bond acceptors (Lipinski definition) is 3. The SMILES string of the molecule is Clc1ccc(-c2onc3ccc(Oc4ccc(-c5ccccc5)cc4)cc23)cc1. The van der Waals surface area contributed by atoms with Gasteiger partial charge in [0.2, 0.25) is 0 Å². The summed E-state index contributed by atoms with van der Waals surface area (Å²) in [7, 11) is 0. The molecule has 5 rings (SSSR count). The van der Waals surface area contributed by atoms with Crippen molar-refractivity contribution in [3.05, 3.63) is 102 Å². The number of benzene rings is 4. The smallest absolute Gasteiger partial charge is 0.174 e. The molecule has 4 aromatic carbocycles. The molecule has 0 N–H and O–H groups in total. The number of fused-ring (bicyclic) bond motifs is 1. The van der Waals surface area contributed by atoms with Gasteiger partial charge in [-0.05, 0) is 65.7 Å². The van der Waals surface area contributed by atoms with Crippen molar-refractivity contribution in [3.63, 3.8) is 0 Å². The van der Waals surface area contributed by atoms with Crippen molar-refractivity contribution in [2.75, 3.05) is 0 Å². The molecule has 1 heterocycles. The summed E-state index contributed by atoms with van der Waals surface area (Å²) in [6.45, 7) is 0. The van der Waals surface area contributed by atoms with E-state index in [1.54, 1.807) is 0 Å². The normalized spacial score (nSPS) is 10.9. The monoisotopic (exact) mass is 397 g/mol. The van der Waals surface area contributed by atoms with Crippen LogP contribution in [0.2, 0.25) is 5.02 Å². The van der Waals surface area contributed by atoms with E-state index in [9.17, 15) is 0 Å². The van der Waals surface area contributed by atoms with Gasteiger partial charge in [-0.1, -0.05) is 59.2 Å². The maximum Gasteiger partial charge on any atom is 0.174 e. The Labute approximate surface area is 173 Å². The second-order valence-corrected chi connectivity index (χ2v) is 7.13. The molecule has 5 aromatic rings. The van der Waals surface area contributed by atoms with Crippen molar-refractivity contribution in [2.45, 2.75) is 0 Å². The Bertz CT molecular complexity index is 1260. The fourth-order valence-corrected chi connectivity index (χ4v) is 3.40. The summed E-state index contributed by atoms with van der Waals surface area (Å²) in [4.78, 5) is 0. The summed E-state index contributed by atoms with van der Waals surface area (Å²) in [5.41, 5.74) is 4.03. The molecule has 0 fully saturated rings. The molecule has 3 nitrogen and oxygen atoms in total. The highest BCUT2D eigenvalue weighted by Gasteiger charge is 2.12. The quantitative estimate of drug-likeness (QED) is 0.313. The lowest BCUT2D eigenvalue weighted by molar-refractivity contribution is 0.441. The summed E-state index contributed by atoms with van der Waals surface area (Å²) in [5, 5.41) is 5.72. The van der Waals surface area contributed by atoms with Gasteiger partial charge in [-0.3, -0.25) is 0 Å². The van der Waals surface area contributed by atoms with Crippen LogP contribution in [-0.2, 0) is 0 Å². The molecule has 0 aliphatic rings. The van der Waals surface area contributed by atoms with E-state index >= 15 is 0 Å². The second-order valence-electron chi connectivity index (χ2n) is 6.69. The van der Waals surface area contributed by atoms with Crippen LogP contribution < -0.4 is 4.74 Å². The standard InChI is InChI=1S/C25H16ClNO2/c26-20-10-6-19(7-11-20)25-23-16-22(14-15-24(23)27-29-25)28-21-12-8-18(9-13-21)17-4-2-1-3-5-17/h1-16H. The first kappa shape index (κ1) is 17.5. The molecule has 4 heteroatoms. The molecule has 1 aromatic heterocycles. The molecule has 29 heavy (non-hydrogen) atoms. The van der Waals surface area contributed by atoms with Gasteiger partial charge in [-0.2, -0.15) is 0 Å². The number of rotatable bonds is 4. The largest absolute Gasteiger partial charge is 0.457 e. The molecule has 140 valence electrons. The third-order valence-corrected chi connectivity index (χ3v) is 5.00. The van der Waals surface area contributed by atoms with Crippen LogP contribution in [0.15, 0.2) is 102 Å². The lowest BCUT2D eigenvalue weighted by Gasteiger charge is -2.07. The van der Waals surface area contributed by atoms with Gasteiger partial charge in [0.25, 0.3) is 0 Å². The summed E-state index contributed by atoms with van der Waals surface area (Å²) in [6.07, 6.45) is 0. The van der Waals surface area contributed by atoms with Crippen molar-refractivity contribution in [1.82, 2.24) is 5.16 Å². The minimum Gasteiger partial charge on any atom is -0.457 e. The second kappa shape index (κ2) is 7.46.